The Balaban J connectivity index is 1.53. The highest BCUT2D eigenvalue weighted by atomic mass is 32.1. The van der Waals surface area contributed by atoms with Crippen LogP contribution >= 0.6 is 11.3 Å². The van der Waals surface area contributed by atoms with E-state index in [-0.39, 0.29) is 6.04 Å². The summed E-state index contributed by atoms with van der Waals surface area (Å²) in [6.45, 7) is 2.63. The highest BCUT2D eigenvalue weighted by Crippen LogP contribution is 2.22. The van der Waals surface area contributed by atoms with Crippen molar-refractivity contribution in [3.8, 4) is 5.75 Å². The molecule has 5 heteroatoms. The molecule has 0 saturated heterocycles. The van der Waals surface area contributed by atoms with E-state index in [2.05, 4.69) is 23.3 Å². The number of aliphatic hydroxyl groups excluding tert-OH is 1. The summed E-state index contributed by atoms with van der Waals surface area (Å²) < 4.78 is 6.36. The second-order valence-corrected chi connectivity index (χ2v) is 6.99. The number of hydrogen-bond donors (Lipinski definition) is 2. The first kappa shape index (κ1) is 16.9. The summed E-state index contributed by atoms with van der Waals surface area (Å²) in [5, 5.41) is 14.8. The molecule has 0 aliphatic heterocycles. The van der Waals surface area contributed by atoms with Crippen LogP contribution in [0, 0.1) is 0 Å². The van der Waals surface area contributed by atoms with Crippen molar-refractivity contribution in [2.75, 3.05) is 13.7 Å². The monoisotopic (exact) mass is 342 g/mol. The van der Waals surface area contributed by atoms with Crippen LogP contribution in [-0.2, 0) is 6.42 Å². The minimum Gasteiger partial charge on any atom is -0.497 e. The average molecular weight is 342 g/mol. The highest BCUT2D eigenvalue weighted by Gasteiger charge is 2.12. The number of thiazole rings is 1. The predicted octanol–water partition coefficient (Wildman–Crippen LogP) is 3.56. The van der Waals surface area contributed by atoms with E-state index in [4.69, 9.17) is 4.74 Å². The fourth-order valence-corrected chi connectivity index (χ4v) is 3.69. The van der Waals surface area contributed by atoms with Crippen molar-refractivity contribution in [3.05, 3.63) is 59.1 Å². The zero-order valence-corrected chi connectivity index (χ0v) is 14.7. The van der Waals surface area contributed by atoms with Gasteiger partial charge in [-0.2, -0.15) is 0 Å². The third-order valence-electron chi connectivity index (χ3n) is 3.98. The molecule has 0 saturated carbocycles. The molecule has 0 bridgehead atoms. The maximum atomic E-state index is 10.3. The Morgan fingerprint density at radius 2 is 1.92 bits per heavy atom. The number of ether oxygens (including phenoxy) is 1. The first-order valence-corrected chi connectivity index (χ1v) is 8.87. The maximum absolute atomic E-state index is 10.3. The average Bonchev–Trinajstić information content (AvgIpc) is 3.02. The summed E-state index contributed by atoms with van der Waals surface area (Å²) in [7, 11) is 1.64. The maximum Gasteiger partial charge on any atom is 0.118 e. The van der Waals surface area contributed by atoms with E-state index in [1.54, 1.807) is 18.4 Å². The summed E-state index contributed by atoms with van der Waals surface area (Å²) in [6.07, 6.45) is 0.322. The van der Waals surface area contributed by atoms with Crippen LogP contribution < -0.4 is 10.1 Å². The first-order valence-electron chi connectivity index (χ1n) is 8.05. The first-order chi connectivity index (χ1) is 11.7. The van der Waals surface area contributed by atoms with Gasteiger partial charge in [-0.25, -0.2) is 4.98 Å². The standard InChI is InChI=1S/C19H22N2O2S/c1-13(11-19-21-16-5-3-4-6-18(16)24-19)20-12-17(22)14-7-9-15(23-2)10-8-14/h3-10,13,17,20,22H,11-12H2,1-2H3. The minimum atomic E-state index is -0.534. The number of aromatic nitrogens is 1. The predicted molar refractivity (Wildman–Crippen MR) is 98.7 cm³/mol. The molecule has 0 aliphatic rings. The lowest BCUT2D eigenvalue weighted by Gasteiger charge is -2.17. The van der Waals surface area contributed by atoms with Gasteiger partial charge < -0.3 is 15.2 Å². The lowest BCUT2D eigenvalue weighted by Crippen LogP contribution is -2.32. The van der Waals surface area contributed by atoms with E-state index in [1.807, 2.05) is 42.5 Å². The van der Waals surface area contributed by atoms with Gasteiger partial charge in [0.05, 0.1) is 28.4 Å². The van der Waals surface area contributed by atoms with Crippen molar-refractivity contribution in [2.24, 2.45) is 0 Å². The molecule has 3 rings (SSSR count). The van der Waals surface area contributed by atoms with Crippen LogP contribution in [0.3, 0.4) is 0 Å². The third-order valence-corrected chi connectivity index (χ3v) is 5.04. The van der Waals surface area contributed by atoms with E-state index in [0.29, 0.717) is 6.54 Å². The molecule has 0 aliphatic carbocycles. The number of para-hydroxylation sites is 1. The summed E-state index contributed by atoms with van der Waals surface area (Å²) in [5.74, 6) is 0.795. The normalized spacial score (nSPS) is 13.8. The fourth-order valence-electron chi connectivity index (χ4n) is 2.60. The summed E-state index contributed by atoms with van der Waals surface area (Å²) in [5.41, 5.74) is 1.94. The van der Waals surface area contributed by atoms with E-state index in [9.17, 15) is 5.11 Å². The van der Waals surface area contributed by atoms with Gasteiger partial charge in [-0.1, -0.05) is 24.3 Å². The summed E-state index contributed by atoms with van der Waals surface area (Å²) >= 11 is 1.73. The number of aliphatic hydroxyl groups is 1. The molecular formula is C19H22N2O2S. The molecule has 0 radical (unpaired) electrons. The van der Waals surface area contributed by atoms with Crippen LogP contribution in [0.2, 0.25) is 0 Å². The van der Waals surface area contributed by atoms with Crippen LogP contribution in [0.15, 0.2) is 48.5 Å². The van der Waals surface area contributed by atoms with Crippen molar-refractivity contribution in [3.63, 3.8) is 0 Å². The van der Waals surface area contributed by atoms with Crippen LogP contribution in [0.5, 0.6) is 5.75 Å². The van der Waals surface area contributed by atoms with Crippen molar-refractivity contribution >= 4 is 21.6 Å². The van der Waals surface area contributed by atoms with Crippen molar-refractivity contribution in [2.45, 2.75) is 25.5 Å². The van der Waals surface area contributed by atoms with Crippen molar-refractivity contribution < 1.29 is 9.84 Å². The molecule has 1 heterocycles. The summed E-state index contributed by atoms with van der Waals surface area (Å²) in [6, 6.07) is 16.0. The van der Waals surface area contributed by atoms with Gasteiger partial charge in [0, 0.05) is 19.0 Å². The molecule has 0 fully saturated rings. The van der Waals surface area contributed by atoms with Gasteiger partial charge in [0.25, 0.3) is 0 Å². The third kappa shape index (κ3) is 4.12. The fraction of sp³-hybridized carbons (Fsp3) is 0.316. The highest BCUT2D eigenvalue weighted by molar-refractivity contribution is 7.18. The Labute approximate surface area is 146 Å². The minimum absolute atomic E-state index is 0.249. The number of rotatable bonds is 7. The molecule has 2 atom stereocenters. The Morgan fingerprint density at radius 1 is 1.17 bits per heavy atom. The van der Waals surface area contributed by atoms with E-state index in [1.165, 1.54) is 4.70 Å². The number of nitrogens with one attached hydrogen (secondary N) is 1. The van der Waals surface area contributed by atoms with Crippen molar-refractivity contribution in [1.29, 1.82) is 0 Å². The van der Waals surface area contributed by atoms with Gasteiger partial charge in [-0.05, 0) is 36.8 Å². The second-order valence-electron chi connectivity index (χ2n) is 5.88. The molecule has 0 spiro atoms. The Bertz CT molecular complexity index is 752. The Kier molecular flexibility index (Phi) is 5.45. The number of fused-ring (bicyclic) bond motifs is 1. The quantitative estimate of drug-likeness (QED) is 0.689. The molecule has 4 nitrogen and oxygen atoms in total. The van der Waals surface area contributed by atoms with E-state index >= 15 is 0 Å². The number of benzene rings is 2. The summed E-state index contributed by atoms with van der Waals surface area (Å²) in [4.78, 5) is 4.66. The van der Waals surface area contributed by atoms with Gasteiger partial charge in [-0.15, -0.1) is 11.3 Å². The molecule has 2 unspecified atom stereocenters. The van der Waals surface area contributed by atoms with Crippen LogP contribution in [0.4, 0.5) is 0 Å². The molecule has 0 amide bonds. The molecule has 24 heavy (non-hydrogen) atoms. The lowest BCUT2D eigenvalue weighted by molar-refractivity contribution is 0.170. The Morgan fingerprint density at radius 3 is 2.62 bits per heavy atom. The SMILES string of the molecule is COc1ccc(C(O)CNC(C)Cc2nc3ccccc3s2)cc1. The van der Waals surface area contributed by atoms with Gasteiger partial charge in [0.2, 0.25) is 0 Å². The van der Waals surface area contributed by atoms with E-state index in [0.717, 1.165) is 28.3 Å². The van der Waals surface area contributed by atoms with Gasteiger partial charge >= 0.3 is 0 Å². The van der Waals surface area contributed by atoms with Crippen LogP contribution in [0.25, 0.3) is 10.2 Å². The second kappa shape index (κ2) is 7.75. The molecule has 126 valence electrons. The molecular weight excluding hydrogens is 320 g/mol. The number of nitrogens with zero attached hydrogens (tertiary/aromatic N) is 1. The van der Waals surface area contributed by atoms with Crippen LogP contribution in [-0.4, -0.2) is 29.8 Å². The van der Waals surface area contributed by atoms with Crippen molar-refractivity contribution in [1.82, 2.24) is 10.3 Å². The molecule has 2 N–H and O–H groups in total. The molecule has 1 aromatic heterocycles. The smallest absolute Gasteiger partial charge is 0.118 e. The van der Waals surface area contributed by atoms with Gasteiger partial charge in [0.1, 0.15) is 5.75 Å². The van der Waals surface area contributed by atoms with Crippen LogP contribution in [0.1, 0.15) is 23.6 Å². The zero-order valence-electron chi connectivity index (χ0n) is 13.9. The topological polar surface area (TPSA) is 54.4 Å². The number of methoxy groups -OCH3 is 1. The molecule has 2 aromatic carbocycles. The van der Waals surface area contributed by atoms with Gasteiger partial charge in [-0.3, -0.25) is 0 Å². The van der Waals surface area contributed by atoms with Gasteiger partial charge in [0.15, 0.2) is 0 Å². The number of hydrogen-bond acceptors (Lipinski definition) is 5. The molecule has 3 aromatic rings. The lowest BCUT2D eigenvalue weighted by atomic mass is 10.1. The zero-order chi connectivity index (χ0) is 16.9. The Hall–Kier alpha value is -1.95. The van der Waals surface area contributed by atoms with E-state index < -0.39 is 6.10 Å². The largest absolute Gasteiger partial charge is 0.497 e.